The van der Waals surface area contributed by atoms with Gasteiger partial charge in [-0.15, -0.1) is 0 Å². The van der Waals surface area contributed by atoms with E-state index in [1.54, 1.807) is 0 Å². The largest absolute Gasteiger partial charge is 0.416 e. The standard InChI is InChI=1S/C11H9BrF3N/c12-4-2-1-3-8-5-9(11(13,14)15)7-10(16)6-8/h5-7H,2,4,16H2. The van der Waals surface area contributed by atoms with E-state index >= 15 is 0 Å². The van der Waals surface area contributed by atoms with Crippen LogP contribution in [-0.4, -0.2) is 5.33 Å². The van der Waals surface area contributed by atoms with Crippen molar-refractivity contribution in [3.63, 3.8) is 0 Å². The fourth-order valence-electron chi connectivity index (χ4n) is 1.10. The molecule has 0 heterocycles. The monoisotopic (exact) mass is 291 g/mol. The third-order valence-corrected chi connectivity index (χ3v) is 2.13. The molecule has 0 radical (unpaired) electrons. The Labute approximate surface area is 100.0 Å². The molecule has 86 valence electrons. The van der Waals surface area contributed by atoms with Crippen molar-refractivity contribution in [1.82, 2.24) is 0 Å². The minimum absolute atomic E-state index is 0.0676. The number of rotatable bonds is 1. The molecule has 16 heavy (non-hydrogen) atoms. The highest BCUT2D eigenvalue weighted by Crippen LogP contribution is 2.31. The Bertz CT molecular complexity index is 429. The van der Waals surface area contributed by atoms with Gasteiger partial charge in [0.2, 0.25) is 0 Å². The van der Waals surface area contributed by atoms with Gasteiger partial charge in [-0.3, -0.25) is 0 Å². The van der Waals surface area contributed by atoms with E-state index in [0.29, 0.717) is 11.8 Å². The lowest BCUT2D eigenvalue weighted by molar-refractivity contribution is -0.137. The van der Waals surface area contributed by atoms with Crippen LogP contribution in [0.15, 0.2) is 18.2 Å². The summed E-state index contributed by atoms with van der Waals surface area (Å²) in [4.78, 5) is 0. The lowest BCUT2D eigenvalue weighted by atomic mass is 10.1. The molecule has 0 saturated heterocycles. The molecule has 0 saturated carbocycles. The van der Waals surface area contributed by atoms with Crippen LogP contribution >= 0.6 is 15.9 Å². The van der Waals surface area contributed by atoms with Crippen LogP contribution in [0, 0.1) is 11.8 Å². The number of halogens is 4. The zero-order valence-corrected chi connectivity index (χ0v) is 9.82. The second kappa shape index (κ2) is 5.26. The number of nitrogens with two attached hydrogens (primary N) is 1. The number of benzene rings is 1. The topological polar surface area (TPSA) is 26.0 Å². The molecule has 2 N–H and O–H groups in total. The molecular formula is C11H9BrF3N. The van der Waals surface area contributed by atoms with Crippen molar-refractivity contribution in [2.45, 2.75) is 12.6 Å². The molecule has 0 spiro atoms. The van der Waals surface area contributed by atoms with Crippen molar-refractivity contribution < 1.29 is 13.2 Å². The van der Waals surface area contributed by atoms with E-state index in [1.807, 2.05) is 0 Å². The molecule has 0 aromatic heterocycles. The van der Waals surface area contributed by atoms with Gasteiger partial charge in [-0.1, -0.05) is 27.8 Å². The highest BCUT2D eigenvalue weighted by atomic mass is 79.9. The van der Waals surface area contributed by atoms with Gasteiger partial charge in [0.15, 0.2) is 0 Å². The third kappa shape index (κ3) is 3.78. The maximum atomic E-state index is 12.4. The summed E-state index contributed by atoms with van der Waals surface area (Å²) >= 11 is 3.18. The normalized spacial score (nSPS) is 10.8. The summed E-state index contributed by atoms with van der Waals surface area (Å²) in [7, 11) is 0. The van der Waals surface area contributed by atoms with Gasteiger partial charge in [-0.05, 0) is 18.2 Å². The summed E-state index contributed by atoms with van der Waals surface area (Å²) in [5.41, 5.74) is 4.97. The fraction of sp³-hybridized carbons (Fsp3) is 0.273. The van der Waals surface area contributed by atoms with Crippen LogP contribution in [0.4, 0.5) is 18.9 Å². The number of hydrogen-bond donors (Lipinski definition) is 1. The van der Waals surface area contributed by atoms with Crippen LogP contribution in [0.1, 0.15) is 17.5 Å². The van der Waals surface area contributed by atoms with E-state index in [2.05, 4.69) is 27.8 Å². The van der Waals surface area contributed by atoms with E-state index in [4.69, 9.17) is 5.73 Å². The summed E-state index contributed by atoms with van der Waals surface area (Å²) in [5, 5.41) is 0.689. The summed E-state index contributed by atoms with van der Waals surface area (Å²) in [6, 6.07) is 3.32. The molecule has 0 unspecified atom stereocenters. The first-order valence-electron chi connectivity index (χ1n) is 4.46. The summed E-state index contributed by atoms with van der Waals surface area (Å²) < 4.78 is 37.3. The average Bonchev–Trinajstić information content (AvgIpc) is 2.16. The van der Waals surface area contributed by atoms with E-state index in [9.17, 15) is 13.2 Å². The fourth-order valence-corrected chi connectivity index (χ4v) is 1.30. The Morgan fingerprint density at radius 2 is 1.94 bits per heavy atom. The zero-order valence-electron chi connectivity index (χ0n) is 8.24. The van der Waals surface area contributed by atoms with E-state index < -0.39 is 11.7 Å². The molecule has 0 fully saturated rings. The molecule has 1 rings (SSSR count). The molecule has 0 amide bonds. The quantitative estimate of drug-likeness (QED) is 0.479. The van der Waals surface area contributed by atoms with Crippen molar-refractivity contribution in [3.05, 3.63) is 29.3 Å². The van der Waals surface area contributed by atoms with Crippen molar-refractivity contribution in [2.75, 3.05) is 11.1 Å². The predicted molar refractivity (Wildman–Crippen MR) is 61.1 cm³/mol. The van der Waals surface area contributed by atoms with E-state index in [0.717, 1.165) is 12.1 Å². The molecule has 0 atom stereocenters. The minimum Gasteiger partial charge on any atom is -0.399 e. The molecule has 1 nitrogen and oxygen atoms in total. The van der Waals surface area contributed by atoms with Crippen LogP contribution in [0.2, 0.25) is 0 Å². The Balaban J connectivity index is 3.05. The maximum absolute atomic E-state index is 12.4. The average molecular weight is 292 g/mol. The lowest BCUT2D eigenvalue weighted by Gasteiger charge is -2.07. The van der Waals surface area contributed by atoms with Crippen LogP contribution in [0.5, 0.6) is 0 Å². The second-order valence-corrected chi connectivity index (χ2v) is 3.88. The Kier molecular flexibility index (Phi) is 4.25. The molecule has 5 heteroatoms. The molecule has 0 aliphatic carbocycles. The van der Waals surface area contributed by atoms with Crippen LogP contribution in [-0.2, 0) is 6.18 Å². The molecule has 0 bridgehead atoms. The van der Waals surface area contributed by atoms with E-state index in [-0.39, 0.29) is 11.3 Å². The van der Waals surface area contributed by atoms with Crippen molar-refractivity contribution in [1.29, 1.82) is 0 Å². The first-order chi connectivity index (χ1) is 7.43. The SMILES string of the molecule is Nc1cc(C#CCCBr)cc(C(F)(F)F)c1. The molecule has 0 aliphatic rings. The van der Waals surface area contributed by atoms with Crippen LogP contribution in [0.3, 0.4) is 0 Å². The molecule has 1 aromatic rings. The summed E-state index contributed by atoms with van der Waals surface area (Å²) in [5.74, 6) is 5.38. The van der Waals surface area contributed by atoms with E-state index in [1.165, 1.54) is 6.07 Å². The predicted octanol–water partition coefficient (Wildman–Crippen LogP) is 3.42. The van der Waals surface area contributed by atoms with Gasteiger partial charge in [-0.25, -0.2) is 0 Å². The first kappa shape index (κ1) is 12.9. The third-order valence-electron chi connectivity index (χ3n) is 1.73. The molecule has 0 aliphatic heterocycles. The Hall–Kier alpha value is -1.15. The lowest BCUT2D eigenvalue weighted by Crippen LogP contribution is -2.06. The van der Waals surface area contributed by atoms with Gasteiger partial charge in [-0.2, -0.15) is 13.2 Å². The van der Waals surface area contributed by atoms with Gasteiger partial charge in [0.1, 0.15) is 0 Å². The maximum Gasteiger partial charge on any atom is 0.416 e. The minimum atomic E-state index is -4.39. The van der Waals surface area contributed by atoms with Gasteiger partial charge in [0.25, 0.3) is 0 Å². The van der Waals surface area contributed by atoms with Gasteiger partial charge >= 0.3 is 6.18 Å². The van der Waals surface area contributed by atoms with Crippen molar-refractivity contribution >= 4 is 21.6 Å². The number of hydrogen-bond acceptors (Lipinski definition) is 1. The van der Waals surface area contributed by atoms with Crippen molar-refractivity contribution in [3.8, 4) is 11.8 Å². The Morgan fingerprint density at radius 1 is 1.25 bits per heavy atom. The highest BCUT2D eigenvalue weighted by Gasteiger charge is 2.30. The van der Waals surface area contributed by atoms with Gasteiger partial charge < -0.3 is 5.73 Å². The number of alkyl halides is 4. The zero-order chi connectivity index (χ0) is 12.2. The first-order valence-corrected chi connectivity index (χ1v) is 5.58. The smallest absolute Gasteiger partial charge is 0.399 e. The highest BCUT2D eigenvalue weighted by molar-refractivity contribution is 9.09. The van der Waals surface area contributed by atoms with Crippen LogP contribution in [0.25, 0.3) is 0 Å². The van der Waals surface area contributed by atoms with Crippen molar-refractivity contribution in [2.24, 2.45) is 0 Å². The number of nitrogen functional groups attached to an aromatic ring is 1. The summed E-state index contributed by atoms with van der Waals surface area (Å²) in [6.07, 6.45) is -3.81. The van der Waals surface area contributed by atoms with Gasteiger partial charge in [0, 0.05) is 23.0 Å². The second-order valence-electron chi connectivity index (χ2n) is 3.08. The van der Waals surface area contributed by atoms with Gasteiger partial charge in [0.05, 0.1) is 5.56 Å². The number of anilines is 1. The molecular weight excluding hydrogens is 283 g/mol. The Morgan fingerprint density at radius 3 is 2.50 bits per heavy atom. The van der Waals surface area contributed by atoms with Crippen LogP contribution < -0.4 is 5.73 Å². The molecule has 1 aromatic carbocycles. The summed E-state index contributed by atoms with van der Waals surface area (Å²) in [6.45, 7) is 0.